The van der Waals surface area contributed by atoms with Gasteiger partial charge in [-0.3, -0.25) is 4.79 Å². The summed E-state index contributed by atoms with van der Waals surface area (Å²) in [5, 5.41) is 0. The maximum atomic E-state index is 12.6. The molecule has 0 amide bonds. The van der Waals surface area contributed by atoms with E-state index in [0.717, 1.165) is 37.6 Å². The van der Waals surface area contributed by atoms with Gasteiger partial charge in [0, 0.05) is 43.4 Å². The third kappa shape index (κ3) is 3.16. The summed E-state index contributed by atoms with van der Waals surface area (Å²) in [6, 6.07) is 14.7. The maximum Gasteiger partial charge on any atom is 0.251 e. The molecular formula is C24H31N3O2. The summed E-state index contributed by atoms with van der Waals surface area (Å²) in [6.45, 7) is 7.90. The molecule has 3 aliphatic rings. The molecule has 2 aliphatic heterocycles. The van der Waals surface area contributed by atoms with Crippen LogP contribution in [-0.4, -0.2) is 42.9 Å². The normalized spacial score (nSPS) is 31.4. The van der Waals surface area contributed by atoms with Crippen molar-refractivity contribution in [2.75, 3.05) is 36.0 Å². The maximum absolute atomic E-state index is 12.6. The first-order valence-corrected chi connectivity index (χ1v) is 11.0. The van der Waals surface area contributed by atoms with Crippen molar-refractivity contribution in [3.63, 3.8) is 0 Å². The summed E-state index contributed by atoms with van der Waals surface area (Å²) < 4.78 is 5.69. The van der Waals surface area contributed by atoms with Crippen LogP contribution in [0.5, 0.6) is 0 Å². The fourth-order valence-electron chi connectivity index (χ4n) is 5.92. The lowest BCUT2D eigenvalue weighted by molar-refractivity contribution is 0.0532. The molecule has 0 bridgehead atoms. The molecule has 3 fully saturated rings. The van der Waals surface area contributed by atoms with Crippen molar-refractivity contribution < 1.29 is 4.74 Å². The largest absolute Gasteiger partial charge is 0.375 e. The summed E-state index contributed by atoms with van der Waals surface area (Å²) >= 11 is 0. The monoisotopic (exact) mass is 393 g/mol. The number of nitrogens with zero attached hydrogens (tertiary/aromatic N) is 2. The Kier molecular flexibility index (Phi) is 4.66. The molecule has 154 valence electrons. The van der Waals surface area contributed by atoms with E-state index in [4.69, 9.17) is 4.74 Å². The summed E-state index contributed by atoms with van der Waals surface area (Å²) in [7, 11) is 0. The van der Waals surface area contributed by atoms with E-state index in [0.29, 0.717) is 18.4 Å². The number of rotatable bonds is 4. The van der Waals surface area contributed by atoms with Gasteiger partial charge in [-0.1, -0.05) is 37.3 Å². The second-order valence-electron chi connectivity index (χ2n) is 9.15. The Hall–Kier alpha value is -2.27. The number of H-pyrrole nitrogens is 1. The highest BCUT2D eigenvalue weighted by atomic mass is 16.5. The fourth-order valence-corrected chi connectivity index (χ4v) is 5.92. The number of benzene rings is 1. The van der Waals surface area contributed by atoms with Gasteiger partial charge in [0.05, 0.1) is 18.2 Å². The number of nitrogens with one attached hydrogen (secondary N) is 1. The van der Waals surface area contributed by atoms with Crippen molar-refractivity contribution in [3.8, 4) is 0 Å². The molecule has 2 aromatic rings. The second-order valence-corrected chi connectivity index (χ2v) is 9.15. The van der Waals surface area contributed by atoms with Crippen LogP contribution in [0.1, 0.15) is 32.3 Å². The number of aromatic nitrogens is 1. The van der Waals surface area contributed by atoms with Gasteiger partial charge in [-0.25, -0.2) is 0 Å². The van der Waals surface area contributed by atoms with Gasteiger partial charge in [0.1, 0.15) is 5.82 Å². The number of hydrogen-bond acceptors (Lipinski definition) is 4. The van der Waals surface area contributed by atoms with Crippen molar-refractivity contribution in [3.05, 3.63) is 58.4 Å². The van der Waals surface area contributed by atoms with Gasteiger partial charge in [-0.2, -0.15) is 0 Å². The van der Waals surface area contributed by atoms with E-state index < -0.39 is 0 Å². The Bertz CT molecular complexity index is 919. The molecule has 5 rings (SSSR count). The predicted octanol–water partition coefficient (Wildman–Crippen LogP) is 3.45. The zero-order valence-corrected chi connectivity index (χ0v) is 17.4. The number of pyridine rings is 1. The number of hydrogen-bond donors (Lipinski definition) is 1. The summed E-state index contributed by atoms with van der Waals surface area (Å²) in [5.74, 6) is 2.29. The zero-order chi connectivity index (χ0) is 20.0. The van der Waals surface area contributed by atoms with Crippen molar-refractivity contribution in [2.45, 2.75) is 44.8 Å². The molecule has 0 spiro atoms. The van der Waals surface area contributed by atoms with E-state index in [1.54, 1.807) is 6.07 Å². The number of morpholine rings is 1. The minimum atomic E-state index is -0.0133. The highest BCUT2D eigenvalue weighted by Crippen LogP contribution is 2.55. The van der Waals surface area contributed by atoms with Crippen LogP contribution < -0.4 is 15.4 Å². The van der Waals surface area contributed by atoms with Crippen LogP contribution in [0.2, 0.25) is 0 Å². The minimum absolute atomic E-state index is 0.0133. The van der Waals surface area contributed by atoms with Crippen molar-refractivity contribution in [1.29, 1.82) is 0 Å². The molecule has 1 aliphatic carbocycles. The summed E-state index contributed by atoms with van der Waals surface area (Å²) in [4.78, 5) is 20.5. The molecule has 2 saturated heterocycles. The Morgan fingerprint density at radius 3 is 2.72 bits per heavy atom. The van der Waals surface area contributed by atoms with Gasteiger partial charge in [-0.05, 0) is 37.7 Å². The predicted molar refractivity (Wildman–Crippen MR) is 117 cm³/mol. The van der Waals surface area contributed by atoms with E-state index in [9.17, 15) is 4.79 Å². The van der Waals surface area contributed by atoms with Gasteiger partial charge in [0.25, 0.3) is 5.56 Å². The Balaban J connectivity index is 1.49. The zero-order valence-electron chi connectivity index (χ0n) is 17.4. The number of anilines is 2. The van der Waals surface area contributed by atoms with Gasteiger partial charge < -0.3 is 19.5 Å². The van der Waals surface area contributed by atoms with Gasteiger partial charge in [-0.15, -0.1) is 0 Å². The van der Waals surface area contributed by atoms with Crippen LogP contribution in [0.25, 0.3) is 0 Å². The fraction of sp³-hybridized carbons (Fsp3) is 0.542. The number of fused-ring (bicyclic) bond motifs is 1. The molecule has 5 nitrogen and oxygen atoms in total. The van der Waals surface area contributed by atoms with Crippen molar-refractivity contribution in [2.24, 2.45) is 11.8 Å². The quantitative estimate of drug-likeness (QED) is 0.864. The third-order valence-electron chi connectivity index (χ3n) is 7.46. The van der Waals surface area contributed by atoms with Crippen LogP contribution in [0.15, 0.2) is 47.3 Å². The Labute approximate surface area is 172 Å². The molecule has 29 heavy (non-hydrogen) atoms. The summed E-state index contributed by atoms with van der Waals surface area (Å²) in [5.41, 5.74) is 2.50. The number of aromatic amines is 1. The minimum Gasteiger partial charge on any atom is -0.375 e. The van der Waals surface area contributed by atoms with Crippen LogP contribution in [0.3, 0.4) is 0 Å². The highest BCUT2D eigenvalue weighted by Gasteiger charge is 2.59. The standard InChI is InChI=1S/C24H31N3O2/c1-17-8-9-20-16-27(24(17,20)14-19-6-4-3-5-7-19)22-12-21(13-23(28)25-22)26-10-11-29-18(2)15-26/h3-7,12-13,17-18,20H,8-11,14-16H2,1-2H3,(H,25,28)/t17-,18+,20+,24-/m0/s1. The topological polar surface area (TPSA) is 48.6 Å². The first-order chi connectivity index (χ1) is 14.1. The highest BCUT2D eigenvalue weighted by molar-refractivity contribution is 5.59. The van der Waals surface area contributed by atoms with Gasteiger partial charge in [0.15, 0.2) is 0 Å². The second kappa shape index (κ2) is 7.21. The van der Waals surface area contributed by atoms with E-state index in [1.807, 2.05) is 0 Å². The molecule has 1 aromatic heterocycles. The lowest BCUT2D eigenvalue weighted by Gasteiger charge is -2.59. The molecule has 1 aromatic carbocycles. The van der Waals surface area contributed by atoms with Crippen LogP contribution in [-0.2, 0) is 11.2 Å². The van der Waals surface area contributed by atoms with E-state index in [-0.39, 0.29) is 17.2 Å². The van der Waals surface area contributed by atoms with Crippen LogP contribution >= 0.6 is 0 Å². The van der Waals surface area contributed by atoms with Crippen LogP contribution in [0.4, 0.5) is 11.5 Å². The van der Waals surface area contributed by atoms with Gasteiger partial charge >= 0.3 is 0 Å². The lowest BCUT2D eigenvalue weighted by atomic mass is 9.68. The molecule has 3 heterocycles. The van der Waals surface area contributed by atoms with Crippen LogP contribution in [0, 0.1) is 11.8 Å². The average molecular weight is 394 g/mol. The van der Waals surface area contributed by atoms with E-state index in [2.05, 4.69) is 65.0 Å². The lowest BCUT2D eigenvalue weighted by Crippen LogP contribution is -2.69. The van der Waals surface area contributed by atoms with E-state index >= 15 is 0 Å². The average Bonchev–Trinajstić information content (AvgIpc) is 2.93. The van der Waals surface area contributed by atoms with Crippen molar-refractivity contribution in [1.82, 2.24) is 4.98 Å². The number of ether oxygens (including phenoxy) is 1. The molecule has 0 unspecified atom stereocenters. The third-order valence-corrected chi connectivity index (χ3v) is 7.46. The smallest absolute Gasteiger partial charge is 0.251 e. The molecule has 1 N–H and O–H groups in total. The Morgan fingerprint density at radius 1 is 1.14 bits per heavy atom. The molecule has 0 radical (unpaired) electrons. The first kappa shape index (κ1) is 18.7. The van der Waals surface area contributed by atoms with Gasteiger partial charge in [0.2, 0.25) is 0 Å². The molecule has 5 heteroatoms. The first-order valence-electron chi connectivity index (χ1n) is 11.0. The van der Waals surface area contributed by atoms with Crippen molar-refractivity contribution >= 4 is 11.5 Å². The Morgan fingerprint density at radius 2 is 1.97 bits per heavy atom. The molecule has 4 atom stereocenters. The molecule has 1 saturated carbocycles. The summed E-state index contributed by atoms with van der Waals surface area (Å²) in [6.07, 6.45) is 3.79. The SMILES string of the molecule is C[C@@H]1CN(c2cc(N3C[C@H]4CC[C@H](C)[C@@]43Cc3ccccc3)[nH]c(=O)c2)CCO1. The molecular weight excluding hydrogens is 362 g/mol. The van der Waals surface area contributed by atoms with E-state index in [1.165, 1.54) is 18.4 Å².